The molecule has 2 rings (SSSR count). The summed E-state index contributed by atoms with van der Waals surface area (Å²) in [5.41, 5.74) is 1.68. The summed E-state index contributed by atoms with van der Waals surface area (Å²) < 4.78 is 27.1. The second-order valence-corrected chi connectivity index (χ2v) is 6.07. The molecule has 0 unspecified atom stereocenters. The molecule has 1 N–H and O–H groups in total. The number of anilines is 1. The molecule has 0 saturated carbocycles. The van der Waals surface area contributed by atoms with E-state index >= 15 is 0 Å². The van der Waals surface area contributed by atoms with Crippen molar-refractivity contribution >= 4 is 15.7 Å². The fourth-order valence-electron chi connectivity index (χ4n) is 1.74. The fourth-order valence-corrected chi connectivity index (χ4v) is 2.91. The number of rotatable bonds is 3. The first kappa shape index (κ1) is 14.6. The Morgan fingerprint density at radius 2 is 1.67 bits per heavy atom. The smallest absolute Gasteiger partial charge is 0.261 e. The van der Waals surface area contributed by atoms with Crippen molar-refractivity contribution in [3.63, 3.8) is 0 Å². The van der Waals surface area contributed by atoms with Gasteiger partial charge in [-0.1, -0.05) is 12.1 Å². The van der Waals surface area contributed by atoms with Crippen LogP contribution in [-0.2, 0) is 10.0 Å². The molecule has 104 valence electrons. The van der Waals surface area contributed by atoms with Gasteiger partial charge in [0.25, 0.3) is 10.0 Å². The van der Waals surface area contributed by atoms with Crippen LogP contribution in [-0.4, -0.2) is 8.42 Å². The van der Waals surface area contributed by atoms with Crippen LogP contribution < -0.4 is 4.72 Å². The lowest BCUT2D eigenvalue weighted by Crippen LogP contribution is -2.14. The van der Waals surface area contributed by atoms with Gasteiger partial charge < -0.3 is 0 Å². The van der Waals surface area contributed by atoms with Crippen LogP contribution in [0.2, 0.25) is 0 Å². The summed E-state index contributed by atoms with van der Waals surface area (Å²) in [4.78, 5) is 0.00307. The summed E-state index contributed by atoms with van der Waals surface area (Å²) in [7, 11) is -3.80. The molecule has 0 aliphatic heterocycles. The van der Waals surface area contributed by atoms with Crippen molar-refractivity contribution in [2.45, 2.75) is 11.8 Å². The highest BCUT2D eigenvalue weighted by atomic mass is 32.2. The minimum absolute atomic E-state index is 0.00307. The summed E-state index contributed by atoms with van der Waals surface area (Å²) in [6.45, 7) is 1.74. The van der Waals surface area contributed by atoms with E-state index in [2.05, 4.69) is 4.72 Å². The van der Waals surface area contributed by atoms with Crippen molar-refractivity contribution < 1.29 is 8.42 Å². The van der Waals surface area contributed by atoms with Gasteiger partial charge in [0.15, 0.2) is 0 Å². The number of hydrogen-bond acceptors (Lipinski definition) is 4. The Bertz CT molecular complexity index is 875. The highest BCUT2D eigenvalue weighted by Gasteiger charge is 2.16. The summed E-state index contributed by atoms with van der Waals surface area (Å²) in [5, 5.41) is 17.7. The molecule has 0 aliphatic carbocycles. The van der Waals surface area contributed by atoms with Crippen molar-refractivity contribution in [1.29, 1.82) is 10.5 Å². The van der Waals surface area contributed by atoms with Gasteiger partial charge in [-0.15, -0.1) is 0 Å². The van der Waals surface area contributed by atoms with E-state index in [0.717, 1.165) is 0 Å². The van der Waals surface area contributed by atoms with Crippen LogP contribution >= 0.6 is 0 Å². The number of nitrogens with zero attached hydrogens (tertiary/aromatic N) is 2. The molecule has 0 heterocycles. The van der Waals surface area contributed by atoms with E-state index < -0.39 is 10.0 Å². The molecular formula is C15H11N3O2S. The van der Waals surface area contributed by atoms with Gasteiger partial charge in [0.2, 0.25) is 0 Å². The molecule has 0 saturated heterocycles. The number of nitrogens with one attached hydrogen (secondary N) is 1. The van der Waals surface area contributed by atoms with Gasteiger partial charge in [-0.05, 0) is 42.8 Å². The highest BCUT2D eigenvalue weighted by Crippen LogP contribution is 2.21. The van der Waals surface area contributed by atoms with Crippen molar-refractivity contribution in [3.8, 4) is 12.1 Å². The molecule has 0 radical (unpaired) electrons. The Balaban J connectivity index is 2.43. The molecule has 2 aromatic carbocycles. The van der Waals surface area contributed by atoms with E-state index in [0.29, 0.717) is 16.8 Å². The summed E-state index contributed by atoms with van der Waals surface area (Å²) in [5.74, 6) is 0. The monoisotopic (exact) mass is 297 g/mol. The zero-order valence-corrected chi connectivity index (χ0v) is 12.0. The topological polar surface area (TPSA) is 93.8 Å². The minimum atomic E-state index is -3.80. The molecule has 0 aromatic heterocycles. The normalized spacial score (nSPS) is 10.4. The number of benzene rings is 2. The Labute approximate surface area is 123 Å². The quantitative estimate of drug-likeness (QED) is 0.942. The van der Waals surface area contributed by atoms with Gasteiger partial charge in [0.05, 0.1) is 33.8 Å². The Morgan fingerprint density at radius 1 is 1.00 bits per heavy atom. The first-order valence-electron chi connectivity index (χ1n) is 6.00. The zero-order chi connectivity index (χ0) is 15.5. The van der Waals surface area contributed by atoms with E-state index in [-0.39, 0.29) is 10.5 Å². The van der Waals surface area contributed by atoms with E-state index in [1.165, 1.54) is 30.3 Å². The number of aryl methyl sites for hydroxylation is 1. The highest BCUT2D eigenvalue weighted by molar-refractivity contribution is 7.92. The van der Waals surface area contributed by atoms with Gasteiger partial charge in [0.1, 0.15) is 0 Å². The van der Waals surface area contributed by atoms with Crippen molar-refractivity contribution in [2.24, 2.45) is 0 Å². The molecule has 0 aliphatic rings. The average molecular weight is 297 g/mol. The van der Waals surface area contributed by atoms with E-state index in [9.17, 15) is 8.42 Å². The minimum Gasteiger partial charge on any atom is -0.279 e. The van der Waals surface area contributed by atoms with Crippen LogP contribution in [0, 0.1) is 29.6 Å². The maximum atomic E-state index is 12.3. The van der Waals surface area contributed by atoms with E-state index in [4.69, 9.17) is 10.5 Å². The molecule has 6 heteroatoms. The lowest BCUT2D eigenvalue weighted by Gasteiger charge is -2.11. The third-order valence-corrected chi connectivity index (χ3v) is 4.25. The second-order valence-electron chi connectivity index (χ2n) is 4.39. The van der Waals surface area contributed by atoms with E-state index in [1.807, 2.05) is 12.1 Å². The van der Waals surface area contributed by atoms with E-state index in [1.54, 1.807) is 19.1 Å². The zero-order valence-electron chi connectivity index (χ0n) is 11.2. The van der Waals surface area contributed by atoms with Crippen LogP contribution in [0.25, 0.3) is 0 Å². The molecule has 0 spiro atoms. The molecular weight excluding hydrogens is 286 g/mol. The summed E-state index contributed by atoms with van der Waals surface area (Å²) >= 11 is 0. The molecule has 0 atom stereocenters. The standard InChI is InChI=1S/C15H11N3O2S/c1-11-5-6-13(10-17)8-15(11)18-21(19,20)14-4-2-3-12(7-14)9-16/h2-8,18H,1H3. The number of hydrogen-bond donors (Lipinski definition) is 1. The van der Waals surface area contributed by atoms with Gasteiger partial charge in [-0.2, -0.15) is 10.5 Å². The van der Waals surface area contributed by atoms with Crippen molar-refractivity contribution in [3.05, 3.63) is 59.2 Å². The van der Waals surface area contributed by atoms with Gasteiger partial charge in [-0.3, -0.25) is 4.72 Å². The van der Waals surface area contributed by atoms with Crippen LogP contribution in [0.4, 0.5) is 5.69 Å². The van der Waals surface area contributed by atoms with Gasteiger partial charge >= 0.3 is 0 Å². The van der Waals surface area contributed by atoms with Gasteiger partial charge in [0, 0.05) is 0 Å². The van der Waals surface area contributed by atoms with Crippen molar-refractivity contribution in [2.75, 3.05) is 4.72 Å². The van der Waals surface area contributed by atoms with Crippen LogP contribution in [0.3, 0.4) is 0 Å². The van der Waals surface area contributed by atoms with Crippen molar-refractivity contribution in [1.82, 2.24) is 0 Å². The first-order valence-corrected chi connectivity index (χ1v) is 7.48. The Morgan fingerprint density at radius 3 is 2.33 bits per heavy atom. The lowest BCUT2D eigenvalue weighted by molar-refractivity contribution is 0.601. The average Bonchev–Trinajstić information content (AvgIpc) is 2.49. The van der Waals surface area contributed by atoms with Crippen LogP contribution in [0.15, 0.2) is 47.4 Å². The molecule has 0 fully saturated rings. The Hall–Kier alpha value is -2.83. The predicted octanol–water partition coefficient (Wildman–Crippen LogP) is 2.54. The third-order valence-electron chi connectivity index (χ3n) is 2.88. The predicted molar refractivity (Wildman–Crippen MR) is 77.9 cm³/mol. The largest absolute Gasteiger partial charge is 0.279 e. The third kappa shape index (κ3) is 3.19. The van der Waals surface area contributed by atoms with Crippen LogP contribution in [0.5, 0.6) is 0 Å². The van der Waals surface area contributed by atoms with Crippen LogP contribution in [0.1, 0.15) is 16.7 Å². The maximum absolute atomic E-state index is 12.3. The summed E-state index contributed by atoms with van der Waals surface area (Å²) in [6, 6.07) is 14.4. The molecule has 5 nitrogen and oxygen atoms in total. The number of sulfonamides is 1. The lowest BCUT2D eigenvalue weighted by atomic mass is 10.1. The fraction of sp³-hybridized carbons (Fsp3) is 0.0667. The first-order chi connectivity index (χ1) is 9.96. The maximum Gasteiger partial charge on any atom is 0.261 e. The summed E-state index contributed by atoms with van der Waals surface area (Å²) in [6.07, 6.45) is 0. The molecule has 0 amide bonds. The Kier molecular flexibility index (Phi) is 3.93. The number of nitriles is 2. The SMILES string of the molecule is Cc1ccc(C#N)cc1NS(=O)(=O)c1cccc(C#N)c1. The molecule has 0 bridgehead atoms. The van der Waals surface area contributed by atoms with Gasteiger partial charge in [-0.25, -0.2) is 8.42 Å². The molecule has 21 heavy (non-hydrogen) atoms. The molecule has 2 aromatic rings. The second kappa shape index (κ2) is 5.66.